The third-order valence-corrected chi connectivity index (χ3v) is 2.58. The largest absolute Gasteiger partial charge is 0.308 e. The molecule has 0 aromatic heterocycles. The van der Waals surface area contributed by atoms with Crippen molar-refractivity contribution in [2.24, 2.45) is 0 Å². The van der Waals surface area contributed by atoms with Gasteiger partial charge in [0.05, 0.1) is 0 Å². The van der Waals surface area contributed by atoms with Gasteiger partial charge in [-0.2, -0.15) is 0 Å². The van der Waals surface area contributed by atoms with E-state index < -0.39 is 0 Å². The fourth-order valence-corrected chi connectivity index (χ4v) is 1.87. The molecule has 0 spiro atoms. The molecule has 1 aliphatic carbocycles. The number of nitrogens with one attached hydrogen (secondary N) is 1. The van der Waals surface area contributed by atoms with Gasteiger partial charge >= 0.3 is 0 Å². The molecule has 1 heteroatoms. The van der Waals surface area contributed by atoms with E-state index in [-0.39, 0.29) is 0 Å². The molecule has 0 amide bonds. The maximum absolute atomic E-state index is 3.51. The van der Waals surface area contributed by atoms with E-state index >= 15 is 0 Å². The Labute approximate surface area is 56.8 Å². The molecule has 2 atom stereocenters. The number of rotatable bonds is 0. The first kappa shape index (κ1) is 5.72. The standard InChI is InChI=1S/C8H15N/c1-2-4-6-8-7(9-8)5-3-1/h7-9H,1-6H2. The molecule has 2 rings (SSSR count). The number of fused-ring (bicyclic) bond motifs is 1. The van der Waals surface area contributed by atoms with Crippen molar-refractivity contribution in [3.8, 4) is 0 Å². The molecule has 1 N–H and O–H groups in total. The second kappa shape index (κ2) is 2.30. The summed E-state index contributed by atoms with van der Waals surface area (Å²) in [7, 11) is 0. The van der Waals surface area contributed by atoms with Crippen LogP contribution >= 0.6 is 0 Å². The van der Waals surface area contributed by atoms with Crippen LogP contribution in [0.15, 0.2) is 0 Å². The Morgan fingerprint density at radius 1 is 0.778 bits per heavy atom. The summed E-state index contributed by atoms with van der Waals surface area (Å²) < 4.78 is 0. The topological polar surface area (TPSA) is 21.9 Å². The average Bonchev–Trinajstić information content (AvgIpc) is 2.46. The monoisotopic (exact) mass is 125 g/mol. The Kier molecular flexibility index (Phi) is 1.46. The fourth-order valence-electron chi connectivity index (χ4n) is 1.87. The van der Waals surface area contributed by atoms with Gasteiger partial charge in [0, 0.05) is 12.1 Å². The van der Waals surface area contributed by atoms with Gasteiger partial charge in [-0.05, 0) is 12.8 Å². The maximum Gasteiger partial charge on any atom is 0.0224 e. The molecule has 1 aliphatic heterocycles. The predicted molar refractivity (Wildman–Crippen MR) is 38.4 cm³/mol. The van der Waals surface area contributed by atoms with Gasteiger partial charge in [-0.25, -0.2) is 0 Å². The molecule has 52 valence electrons. The lowest BCUT2D eigenvalue weighted by molar-refractivity contribution is 0.551. The molecule has 1 saturated heterocycles. The molecular weight excluding hydrogens is 110 g/mol. The third kappa shape index (κ3) is 1.26. The highest BCUT2D eigenvalue weighted by Crippen LogP contribution is 2.26. The lowest BCUT2D eigenvalue weighted by atomic mass is 10.0. The van der Waals surface area contributed by atoms with Crippen LogP contribution in [0.1, 0.15) is 38.5 Å². The van der Waals surface area contributed by atoms with E-state index in [4.69, 9.17) is 0 Å². The Morgan fingerprint density at radius 2 is 1.33 bits per heavy atom. The molecule has 9 heavy (non-hydrogen) atoms. The van der Waals surface area contributed by atoms with Crippen molar-refractivity contribution >= 4 is 0 Å². The quantitative estimate of drug-likeness (QED) is 0.489. The Bertz CT molecular complexity index is 88.7. The first-order valence-electron chi connectivity index (χ1n) is 4.23. The highest BCUT2D eigenvalue weighted by atomic mass is 15.1. The Balaban J connectivity index is 1.81. The van der Waals surface area contributed by atoms with Crippen LogP contribution in [0.3, 0.4) is 0 Å². The highest BCUT2D eigenvalue weighted by Gasteiger charge is 2.34. The van der Waals surface area contributed by atoms with Crippen LogP contribution in [0.25, 0.3) is 0 Å². The van der Waals surface area contributed by atoms with Crippen molar-refractivity contribution in [3.05, 3.63) is 0 Å². The Hall–Kier alpha value is -0.0400. The SMILES string of the molecule is C1CCCC2NC2CC1. The second-order valence-corrected chi connectivity index (χ2v) is 3.37. The molecule has 2 aliphatic rings. The molecule has 0 radical (unpaired) electrons. The van der Waals surface area contributed by atoms with E-state index in [1.807, 2.05) is 0 Å². The fraction of sp³-hybridized carbons (Fsp3) is 1.00. The van der Waals surface area contributed by atoms with Gasteiger partial charge in [-0.15, -0.1) is 0 Å². The predicted octanol–water partition coefficient (Wildman–Crippen LogP) is 1.68. The van der Waals surface area contributed by atoms with Crippen molar-refractivity contribution in [2.45, 2.75) is 50.6 Å². The van der Waals surface area contributed by atoms with Gasteiger partial charge in [0.15, 0.2) is 0 Å². The molecule has 0 bridgehead atoms. The first-order chi connectivity index (χ1) is 4.47. The third-order valence-electron chi connectivity index (χ3n) is 2.58. The first-order valence-corrected chi connectivity index (χ1v) is 4.23. The lowest BCUT2D eigenvalue weighted by Gasteiger charge is -2.03. The van der Waals surface area contributed by atoms with Crippen molar-refractivity contribution in [3.63, 3.8) is 0 Å². The van der Waals surface area contributed by atoms with Crippen LogP contribution in [0.2, 0.25) is 0 Å². The lowest BCUT2D eigenvalue weighted by Crippen LogP contribution is -1.97. The minimum atomic E-state index is 0.935. The summed E-state index contributed by atoms with van der Waals surface area (Å²) >= 11 is 0. The van der Waals surface area contributed by atoms with Crippen LogP contribution in [-0.4, -0.2) is 12.1 Å². The Morgan fingerprint density at radius 3 is 1.89 bits per heavy atom. The zero-order valence-electron chi connectivity index (χ0n) is 5.90. The van der Waals surface area contributed by atoms with Gasteiger partial charge in [0.2, 0.25) is 0 Å². The summed E-state index contributed by atoms with van der Waals surface area (Å²) in [5.74, 6) is 0. The zero-order chi connectivity index (χ0) is 6.10. The summed E-state index contributed by atoms with van der Waals surface area (Å²) in [6, 6.07) is 1.87. The number of hydrogen-bond donors (Lipinski definition) is 1. The summed E-state index contributed by atoms with van der Waals surface area (Å²) in [5, 5.41) is 3.51. The second-order valence-electron chi connectivity index (χ2n) is 3.37. The van der Waals surface area contributed by atoms with E-state index in [1.165, 1.54) is 38.5 Å². The van der Waals surface area contributed by atoms with Gasteiger partial charge in [-0.1, -0.05) is 25.7 Å². The molecule has 0 aromatic rings. The number of hydrogen-bond acceptors (Lipinski definition) is 1. The molecular formula is C8H15N. The van der Waals surface area contributed by atoms with Crippen LogP contribution in [0, 0.1) is 0 Å². The van der Waals surface area contributed by atoms with Gasteiger partial charge in [0.25, 0.3) is 0 Å². The van der Waals surface area contributed by atoms with E-state index in [9.17, 15) is 0 Å². The van der Waals surface area contributed by atoms with Crippen LogP contribution in [0.4, 0.5) is 0 Å². The smallest absolute Gasteiger partial charge is 0.0224 e. The van der Waals surface area contributed by atoms with Crippen molar-refractivity contribution < 1.29 is 0 Å². The minimum Gasteiger partial charge on any atom is -0.308 e. The zero-order valence-corrected chi connectivity index (χ0v) is 5.90. The van der Waals surface area contributed by atoms with Crippen molar-refractivity contribution in [2.75, 3.05) is 0 Å². The molecule has 0 aromatic carbocycles. The molecule has 1 saturated carbocycles. The summed E-state index contributed by atoms with van der Waals surface area (Å²) in [6.45, 7) is 0. The molecule has 1 heterocycles. The highest BCUT2D eigenvalue weighted by molar-refractivity contribution is 4.97. The van der Waals surface area contributed by atoms with E-state index in [0.717, 1.165) is 12.1 Å². The van der Waals surface area contributed by atoms with Crippen LogP contribution in [0.5, 0.6) is 0 Å². The molecule has 2 unspecified atom stereocenters. The summed E-state index contributed by atoms with van der Waals surface area (Å²) in [5.41, 5.74) is 0. The maximum atomic E-state index is 3.51. The minimum absolute atomic E-state index is 0.935. The van der Waals surface area contributed by atoms with E-state index in [2.05, 4.69) is 5.32 Å². The average molecular weight is 125 g/mol. The molecule has 1 nitrogen and oxygen atoms in total. The van der Waals surface area contributed by atoms with Crippen molar-refractivity contribution in [1.29, 1.82) is 0 Å². The van der Waals surface area contributed by atoms with E-state index in [1.54, 1.807) is 0 Å². The van der Waals surface area contributed by atoms with Gasteiger partial charge in [-0.3, -0.25) is 0 Å². The molecule has 2 fully saturated rings. The normalized spacial score (nSPS) is 42.7. The van der Waals surface area contributed by atoms with Gasteiger partial charge < -0.3 is 5.32 Å². The van der Waals surface area contributed by atoms with Crippen LogP contribution < -0.4 is 5.32 Å². The van der Waals surface area contributed by atoms with Crippen molar-refractivity contribution in [1.82, 2.24) is 5.32 Å². The van der Waals surface area contributed by atoms with E-state index in [0.29, 0.717) is 0 Å². The summed E-state index contributed by atoms with van der Waals surface area (Å²) in [4.78, 5) is 0. The van der Waals surface area contributed by atoms with Crippen LogP contribution in [-0.2, 0) is 0 Å². The van der Waals surface area contributed by atoms with Gasteiger partial charge in [0.1, 0.15) is 0 Å². The summed E-state index contributed by atoms with van der Waals surface area (Å²) in [6.07, 6.45) is 8.79.